The molecule has 0 aromatic heterocycles. The Labute approximate surface area is 119 Å². The number of aromatic carboxylic acids is 1. The lowest BCUT2D eigenvalue weighted by molar-refractivity contribution is 0.0697. The minimum atomic E-state index is -1.05. The number of carboxylic acid groups (broad SMARTS) is 1. The molecule has 2 aromatic rings. The molecule has 2 rings (SSSR count). The molecule has 0 fully saturated rings. The van der Waals surface area contributed by atoms with E-state index in [1.54, 1.807) is 0 Å². The van der Waals surface area contributed by atoms with Crippen molar-refractivity contribution in [1.29, 1.82) is 0 Å². The Balaban J connectivity index is 2.02. The highest BCUT2D eigenvalue weighted by molar-refractivity contribution is 6.00. The highest BCUT2D eigenvalue weighted by atomic mass is 16.4. The van der Waals surface area contributed by atoms with Crippen molar-refractivity contribution in [2.75, 3.05) is 10.6 Å². The summed E-state index contributed by atoms with van der Waals surface area (Å²) in [6.07, 6.45) is 0. The molecule has 7 heteroatoms. The predicted molar refractivity (Wildman–Crippen MR) is 75.8 cm³/mol. The average Bonchev–Trinajstić information content (AvgIpc) is 2.37. The third kappa shape index (κ3) is 3.87. The maximum atomic E-state index is 11.7. The number of phenols is 2. The molecular weight excluding hydrogens is 276 g/mol. The van der Waals surface area contributed by atoms with Gasteiger partial charge in [-0.15, -0.1) is 0 Å². The molecular formula is C14H12N2O5. The number of carbonyl (C=O) groups excluding carboxylic acids is 1. The van der Waals surface area contributed by atoms with Crippen molar-refractivity contribution in [2.45, 2.75) is 0 Å². The summed E-state index contributed by atoms with van der Waals surface area (Å²) in [5, 5.41) is 32.3. The number of anilines is 2. The van der Waals surface area contributed by atoms with Gasteiger partial charge in [0.05, 0.1) is 5.56 Å². The second-order valence-corrected chi connectivity index (χ2v) is 4.20. The molecule has 0 aliphatic heterocycles. The minimum absolute atomic E-state index is 0.110. The van der Waals surface area contributed by atoms with Gasteiger partial charge in [-0.05, 0) is 24.3 Å². The van der Waals surface area contributed by atoms with Crippen molar-refractivity contribution >= 4 is 23.4 Å². The summed E-state index contributed by atoms with van der Waals surface area (Å²) >= 11 is 0. The van der Waals surface area contributed by atoms with Crippen LogP contribution in [-0.2, 0) is 0 Å². The molecule has 0 heterocycles. The zero-order chi connectivity index (χ0) is 15.4. The van der Waals surface area contributed by atoms with Crippen LogP contribution >= 0.6 is 0 Å². The van der Waals surface area contributed by atoms with Crippen LogP contribution in [0.1, 0.15) is 10.4 Å². The van der Waals surface area contributed by atoms with Crippen molar-refractivity contribution in [2.24, 2.45) is 0 Å². The van der Waals surface area contributed by atoms with Gasteiger partial charge in [-0.2, -0.15) is 0 Å². The minimum Gasteiger partial charge on any atom is -0.508 e. The quantitative estimate of drug-likeness (QED) is 0.594. The third-order valence-corrected chi connectivity index (χ3v) is 2.55. The molecule has 2 aromatic carbocycles. The number of aromatic hydroxyl groups is 2. The Morgan fingerprint density at radius 3 is 1.86 bits per heavy atom. The van der Waals surface area contributed by atoms with Crippen molar-refractivity contribution in [3.05, 3.63) is 48.0 Å². The van der Waals surface area contributed by atoms with E-state index in [0.717, 1.165) is 6.07 Å². The number of carboxylic acids is 1. The van der Waals surface area contributed by atoms with Crippen LogP contribution in [0.3, 0.4) is 0 Å². The molecule has 0 aliphatic carbocycles. The van der Waals surface area contributed by atoms with Crippen molar-refractivity contribution < 1.29 is 24.9 Å². The molecule has 108 valence electrons. The van der Waals surface area contributed by atoms with Gasteiger partial charge in [0, 0.05) is 29.6 Å². The van der Waals surface area contributed by atoms with E-state index in [2.05, 4.69) is 10.6 Å². The first-order valence-electron chi connectivity index (χ1n) is 5.88. The summed E-state index contributed by atoms with van der Waals surface area (Å²) in [5.74, 6) is -1.42. The first-order chi connectivity index (χ1) is 9.94. The van der Waals surface area contributed by atoms with Gasteiger partial charge < -0.3 is 26.0 Å². The summed E-state index contributed by atoms with van der Waals surface area (Å²) in [4.78, 5) is 22.4. The summed E-state index contributed by atoms with van der Waals surface area (Å²) in [5.41, 5.74) is 0.730. The number of phenolic OH excluding ortho intramolecular Hbond substituents is 2. The number of benzene rings is 2. The van der Waals surface area contributed by atoms with Gasteiger partial charge in [0.25, 0.3) is 0 Å². The average molecular weight is 288 g/mol. The molecule has 0 atom stereocenters. The Kier molecular flexibility index (Phi) is 3.94. The maximum Gasteiger partial charge on any atom is 0.335 e. The fourth-order valence-electron chi connectivity index (χ4n) is 1.66. The van der Waals surface area contributed by atoms with E-state index in [1.807, 2.05) is 0 Å². The number of rotatable bonds is 3. The molecule has 5 N–H and O–H groups in total. The molecule has 0 saturated carbocycles. The largest absolute Gasteiger partial charge is 0.508 e. The van der Waals surface area contributed by atoms with E-state index in [-0.39, 0.29) is 22.7 Å². The fraction of sp³-hybridized carbons (Fsp3) is 0. The van der Waals surface area contributed by atoms with Gasteiger partial charge in [0.1, 0.15) is 11.5 Å². The molecule has 0 saturated heterocycles. The van der Waals surface area contributed by atoms with Crippen LogP contribution in [0.5, 0.6) is 11.5 Å². The zero-order valence-electron chi connectivity index (χ0n) is 10.7. The SMILES string of the molecule is O=C(Nc1ccc(C(=O)O)cc1)Nc1cc(O)cc(O)c1. The normalized spacial score (nSPS) is 9.90. The number of nitrogens with one attached hydrogen (secondary N) is 2. The molecule has 0 radical (unpaired) electrons. The molecule has 0 unspecified atom stereocenters. The Bertz CT molecular complexity index is 662. The van der Waals surface area contributed by atoms with Crippen molar-refractivity contribution in [3.63, 3.8) is 0 Å². The number of hydrogen-bond donors (Lipinski definition) is 5. The van der Waals surface area contributed by atoms with Crippen LogP contribution in [-0.4, -0.2) is 27.3 Å². The van der Waals surface area contributed by atoms with Gasteiger partial charge in [-0.3, -0.25) is 0 Å². The van der Waals surface area contributed by atoms with Gasteiger partial charge >= 0.3 is 12.0 Å². The first kappa shape index (κ1) is 14.2. The first-order valence-corrected chi connectivity index (χ1v) is 5.88. The van der Waals surface area contributed by atoms with Crippen molar-refractivity contribution in [3.8, 4) is 11.5 Å². The second kappa shape index (κ2) is 5.83. The van der Waals surface area contributed by atoms with Gasteiger partial charge in [-0.1, -0.05) is 0 Å². The number of amides is 2. The molecule has 0 aliphatic rings. The van der Waals surface area contributed by atoms with E-state index in [9.17, 15) is 19.8 Å². The fourth-order valence-corrected chi connectivity index (χ4v) is 1.66. The van der Waals surface area contributed by atoms with Gasteiger partial charge in [0.15, 0.2) is 0 Å². The van der Waals surface area contributed by atoms with E-state index in [4.69, 9.17) is 5.11 Å². The zero-order valence-corrected chi connectivity index (χ0v) is 10.7. The van der Waals surface area contributed by atoms with E-state index in [0.29, 0.717) is 5.69 Å². The maximum absolute atomic E-state index is 11.7. The summed E-state index contributed by atoms with van der Waals surface area (Å²) in [7, 11) is 0. The van der Waals surface area contributed by atoms with Crippen LogP contribution in [0.2, 0.25) is 0 Å². The summed E-state index contributed by atoms with van der Waals surface area (Å²) in [6.45, 7) is 0. The highest BCUT2D eigenvalue weighted by Gasteiger charge is 2.06. The Morgan fingerprint density at radius 2 is 1.33 bits per heavy atom. The highest BCUT2D eigenvalue weighted by Crippen LogP contribution is 2.24. The van der Waals surface area contributed by atoms with Crippen molar-refractivity contribution in [1.82, 2.24) is 0 Å². The Morgan fingerprint density at radius 1 is 0.810 bits per heavy atom. The lowest BCUT2D eigenvalue weighted by Crippen LogP contribution is -2.19. The molecule has 7 nitrogen and oxygen atoms in total. The standard InChI is InChI=1S/C14H12N2O5/c17-11-5-10(6-12(18)7-11)16-14(21)15-9-3-1-8(2-4-9)13(19)20/h1-7,17-18H,(H,19,20)(H2,15,16,21). The number of hydrogen-bond acceptors (Lipinski definition) is 4. The molecule has 21 heavy (non-hydrogen) atoms. The monoisotopic (exact) mass is 288 g/mol. The van der Waals surface area contributed by atoms with Crippen LogP contribution in [0, 0.1) is 0 Å². The number of urea groups is 1. The number of carbonyl (C=O) groups is 2. The summed E-state index contributed by atoms with van der Waals surface area (Å²) < 4.78 is 0. The molecule has 0 bridgehead atoms. The third-order valence-electron chi connectivity index (χ3n) is 2.55. The van der Waals surface area contributed by atoms with Gasteiger partial charge in [0.2, 0.25) is 0 Å². The van der Waals surface area contributed by atoms with Crippen LogP contribution < -0.4 is 10.6 Å². The van der Waals surface area contributed by atoms with E-state index in [1.165, 1.54) is 36.4 Å². The molecule has 2 amide bonds. The topological polar surface area (TPSA) is 119 Å². The van der Waals surface area contributed by atoms with E-state index < -0.39 is 12.0 Å². The predicted octanol–water partition coefficient (Wildman–Crippen LogP) is 2.44. The lowest BCUT2D eigenvalue weighted by atomic mass is 10.2. The van der Waals surface area contributed by atoms with Gasteiger partial charge in [-0.25, -0.2) is 9.59 Å². The lowest BCUT2D eigenvalue weighted by Gasteiger charge is -2.08. The van der Waals surface area contributed by atoms with E-state index >= 15 is 0 Å². The smallest absolute Gasteiger partial charge is 0.335 e. The van der Waals surface area contributed by atoms with Crippen LogP contribution in [0.25, 0.3) is 0 Å². The van der Waals surface area contributed by atoms with Crippen LogP contribution in [0.4, 0.5) is 16.2 Å². The van der Waals surface area contributed by atoms with Crippen LogP contribution in [0.15, 0.2) is 42.5 Å². The summed E-state index contributed by atoms with van der Waals surface area (Å²) in [6, 6.07) is 8.69. The Hall–Kier alpha value is -3.22. The molecule has 0 spiro atoms. The second-order valence-electron chi connectivity index (χ2n) is 4.20.